The van der Waals surface area contributed by atoms with Gasteiger partial charge < -0.3 is 25.2 Å². The van der Waals surface area contributed by atoms with Crippen molar-refractivity contribution in [2.24, 2.45) is 5.92 Å². The summed E-state index contributed by atoms with van der Waals surface area (Å²) in [5.41, 5.74) is 2.47. The second-order valence-corrected chi connectivity index (χ2v) is 13.5. The van der Waals surface area contributed by atoms with E-state index in [1.165, 1.54) is 6.26 Å². The molecule has 0 radical (unpaired) electrons. The highest BCUT2D eigenvalue weighted by atomic mass is 32.2. The maximum absolute atomic E-state index is 11.5. The monoisotopic (exact) mass is 547 g/mol. The lowest BCUT2D eigenvalue weighted by molar-refractivity contribution is -0.158. The molecule has 3 heterocycles. The molecule has 1 aliphatic heterocycles. The molecule has 0 amide bonds. The van der Waals surface area contributed by atoms with Crippen molar-refractivity contribution in [2.75, 3.05) is 35.8 Å². The van der Waals surface area contributed by atoms with Gasteiger partial charge in [-0.05, 0) is 45.7 Å². The molecule has 3 N–H and O–H groups in total. The number of nitrogens with zero attached hydrogens (tertiary/aromatic N) is 3. The summed E-state index contributed by atoms with van der Waals surface area (Å²) in [7, 11) is -3.04. The van der Waals surface area contributed by atoms with E-state index in [1.807, 2.05) is 45.0 Å². The van der Waals surface area contributed by atoms with Crippen LogP contribution in [0.15, 0.2) is 24.3 Å². The van der Waals surface area contributed by atoms with Gasteiger partial charge in [-0.2, -0.15) is 4.98 Å². The lowest BCUT2D eigenvalue weighted by Crippen LogP contribution is -2.35. The van der Waals surface area contributed by atoms with Gasteiger partial charge in [0.25, 0.3) is 0 Å². The van der Waals surface area contributed by atoms with Gasteiger partial charge in [0.15, 0.2) is 5.79 Å². The number of aryl methyl sites for hydroxylation is 1. The minimum atomic E-state index is -3.04. The normalized spacial score (nSPS) is 24.9. The average Bonchev–Trinajstić information content (AvgIpc) is 3.47. The van der Waals surface area contributed by atoms with Crippen molar-refractivity contribution in [2.45, 2.75) is 57.6 Å². The van der Waals surface area contributed by atoms with Crippen LogP contribution in [0.3, 0.4) is 0 Å². The standard InChI is InChI=1S/C25H33N5O5S2/c1-14-19(23-29-16-8-5-6-9-18(16)36-23)22(30-24(27-14)26-10-7-11-37(4,32)33)28-17-12-15(13-31)20-21(17)35-25(2,3)34-20/h5-6,8-9,15,17,20-21,31H,7,10-13H2,1-4H3,(H2,26,27,28,30)/t15-,17-,20-,21+/m1/s1. The predicted octanol–water partition coefficient (Wildman–Crippen LogP) is 3.22. The minimum absolute atomic E-state index is 0.0134. The number of aliphatic hydroxyl groups is 1. The van der Waals surface area contributed by atoms with Crippen LogP contribution >= 0.6 is 11.3 Å². The molecule has 2 aromatic heterocycles. The van der Waals surface area contributed by atoms with Gasteiger partial charge in [0.05, 0.1) is 39.4 Å². The molecule has 200 valence electrons. The van der Waals surface area contributed by atoms with Crippen LogP contribution < -0.4 is 10.6 Å². The maximum Gasteiger partial charge on any atom is 0.224 e. The molecule has 4 atom stereocenters. The Morgan fingerprint density at radius 3 is 2.65 bits per heavy atom. The third kappa shape index (κ3) is 5.73. The Balaban J connectivity index is 1.48. The quantitative estimate of drug-likeness (QED) is 0.343. The zero-order valence-corrected chi connectivity index (χ0v) is 23.0. The molecule has 0 spiro atoms. The van der Waals surface area contributed by atoms with Crippen LogP contribution in [0.5, 0.6) is 0 Å². The highest BCUT2D eigenvalue weighted by molar-refractivity contribution is 7.90. The van der Waals surface area contributed by atoms with Gasteiger partial charge in [0, 0.05) is 25.3 Å². The Morgan fingerprint density at radius 1 is 1.16 bits per heavy atom. The first-order valence-electron chi connectivity index (χ1n) is 12.4. The lowest BCUT2D eigenvalue weighted by Gasteiger charge is -2.25. The van der Waals surface area contributed by atoms with E-state index >= 15 is 0 Å². The van der Waals surface area contributed by atoms with E-state index in [0.29, 0.717) is 31.2 Å². The number of para-hydroxylation sites is 1. The van der Waals surface area contributed by atoms with Crippen LogP contribution in [0.25, 0.3) is 20.8 Å². The van der Waals surface area contributed by atoms with Gasteiger partial charge in [-0.15, -0.1) is 11.3 Å². The van der Waals surface area contributed by atoms with E-state index in [9.17, 15) is 13.5 Å². The highest BCUT2D eigenvalue weighted by Crippen LogP contribution is 2.44. The van der Waals surface area contributed by atoms with Gasteiger partial charge in [0.2, 0.25) is 5.95 Å². The molecule has 12 heteroatoms. The van der Waals surface area contributed by atoms with Gasteiger partial charge in [-0.1, -0.05) is 12.1 Å². The van der Waals surface area contributed by atoms with Crippen molar-refractivity contribution in [3.63, 3.8) is 0 Å². The highest BCUT2D eigenvalue weighted by Gasteiger charge is 2.54. The summed E-state index contributed by atoms with van der Waals surface area (Å²) in [6, 6.07) is 7.84. The number of ether oxygens (including phenoxy) is 2. The van der Waals surface area contributed by atoms with Crippen molar-refractivity contribution >= 4 is 43.2 Å². The first-order valence-corrected chi connectivity index (χ1v) is 15.3. The number of benzene rings is 1. The van der Waals surface area contributed by atoms with Crippen molar-refractivity contribution in [3.8, 4) is 10.6 Å². The number of aromatic nitrogens is 3. The molecule has 2 fully saturated rings. The summed E-state index contributed by atoms with van der Waals surface area (Å²) in [6.07, 6.45) is 1.90. The molecule has 5 rings (SSSR count). The fourth-order valence-corrected chi connectivity index (χ4v) is 6.84. The molecular formula is C25H33N5O5S2. The number of hydrogen-bond donors (Lipinski definition) is 3. The molecule has 1 saturated carbocycles. The summed E-state index contributed by atoms with van der Waals surface area (Å²) in [6.45, 7) is 6.13. The van der Waals surface area contributed by atoms with Crippen LogP contribution in [0, 0.1) is 12.8 Å². The van der Waals surface area contributed by atoms with E-state index in [-0.39, 0.29) is 36.5 Å². The van der Waals surface area contributed by atoms with E-state index in [2.05, 4.69) is 15.6 Å². The van der Waals surface area contributed by atoms with Gasteiger partial charge in [-0.25, -0.2) is 18.4 Å². The van der Waals surface area contributed by atoms with Crippen LogP contribution in [0.1, 0.15) is 32.4 Å². The third-order valence-corrected chi connectivity index (χ3v) is 8.79. The van der Waals surface area contributed by atoms with E-state index in [4.69, 9.17) is 19.4 Å². The number of sulfone groups is 1. The molecule has 10 nitrogen and oxygen atoms in total. The van der Waals surface area contributed by atoms with Crippen molar-refractivity contribution in [1.82, 2.24) is 15.0 Å². The van der Waals surface area contributed by atoms with Gasteiger partial charge in [0.1, 0.15) is 26.8 Å². The number of hydrogen-bond acceptors (Lipinski definition) is 11. The number of rotatable bonds is 9. The summed E-state index contributed by atoms with van der Waals surface area (Å²) >= 11 is 1.58. The van der Waals surface area contributed by atoms with Gasteiger partial charge in [-0.3, -0.25) is 0 Å². The van der Waals surface area contributed by atoms with Crippen LogP contribution in [0.4, 0.5) is 11.8 Å². The molecule has 1 saturated heterocycles. The third-order valence-electron chi connectivity index (χ3n) is 6.71. The number of anilines is 2. The van der Waals surface area contributed by atoms with Crippen LogP contribution in [0.2, 0.25) is 0 Å². The topological polar surface area (TPSA) is 136 Å². The molecule has 1 aliphatic carbocycles. The molecule has 37 heavy (non-hydrogen) atoms. The Morgan fingerprint density at radius 2 is 1.92 bits per heavy atom. The second kappa shape index (κ2) is 10.1. The summed E-state index contributed by atoms with van der Waals surface area (Å²) in [5.74, 6) is 0.344. The van der Waals surface area contributed by atoms with Crippen LogP contribution in [-0.4, -0.2) is 77.7 Å². The fourth-order valence-electron chi connectivity index (χ4n) is 5.11. The average molecular weight is 548 g/mol. The van der Waals surface area contributed by atoms with Crippen molar-refractivity contribution < 1.29 is 23.0 Å². The van der Waals surface area contributed by atoms with Crippen molar-refractivity contribution in [1.29, 1.82) is 0 Å². The largest absolute Gasteiger partial charge is 0.396 e. The molecule has 0 bridgehead atoms. The number of fused-ring (bicyclic) bond motifs is 2. The molecule has 3 aromatic rings. The number of aliphatic hydroxyl groups excluding tert-OH is 1. The summed E-state index contributed by atoms with van der Waals surface area (Å²) in [4.78, 5) is 14.3. The summed E-state index contributed by atoms with van der Waals surface area (Å²) in [5, 5.41) is 17.6. The molecule has 1 aromatic carbocycles. The molecule has 2 aliphatic rings. The minimum Gasteiger partial charge on any atom is -0.396 e. The Kier molecular flexibility index (Phi) is 7.14. The number of nitrogens with one attached hydrogen (secondary N) is 2. The van der Waals surface area contributed by atoms with E-state index in [1.54, 1.807) is 11.3 Å². The van der Waals surface area contributed by atoms with Crippen LogP contribution in [-0.2, 0) is 19.3 Å². The Labute approximate surface area is 220 Å². The smallest absolute Gasteiger partial charge is 0.224 e. The maximum atomic E-state index is 11.5. The second-order valence-electron chi connectivity index (χ2n) is 10.2. The van der Waals surface area contributed by atoms with E-state index < -0.39 is 15.6 Å². The fraction of sp³-hybridized carbons (Fsp3) is 0.560. The Bertz CT molecular complexity index is 1360. The molecular weight excluding hydrogens is 514 g/mol. The Hall–Kier alpha value is -2.38. The summed E-state index contributed by atoms with van der Waals surface area (Å²) < 4.78 is 36.4. The predicted molar refractivity (Wildman–Crippen MR) is 145 cm³/mol. The SMILES string of the molecule is Cc1nc(NCCCS(C)(=O)=O)nc(N[C@@H]2C[C@H](CO)[C@H]3OC(C)(C)O[C@H]32)c1-c1nc2ccccc2s1. The first kappa shape index (κ1) is 26.2. The molecule has 0 unspecified atom stereocenters. The first-order chi connectivity index (χ1) is 17.5. The number of thiazole rings is 1. The zero-order valence-electron chi connectivity index (χ0n) is 21.4. The van der Waals surface area contributed by atoms with E-state index in [0.717, 1.165) is 26.5 Å². The zero-order chi connectivity index (χ0) is 26.4. The van der Waals surface area contributed by atoms with Crippen molar-refractivity contribution in [3.05, 3.63) is 30.0 Å². The van der Waals surface area contributed by atoms with Gasteiger partial charge >= 0.3 is 0 Å². The lowest BCUT2D eigenvalue weighted by atomic mass is 10.1.